The molecular weight excluding hydrogens is 112 g/mol. The first-order valence-corrected chi connectivity index (χ1v) is 2.38. The molecule has 2 atom stereocenters. The van der Waals surface area contributed by atoms with E-state index in [-0.39, 0.29) is 13.2 Å². The lowest BCUT2D eigenvalue weighted by Gasteiger charge is -2.22. The first-order chi connectivity index (χ1) is 3.79. The fourth-order valence-electron chi connectivity index (χ4n) is 0.483. The zero-order chi connectivity index (χ0) is 5.98. The molecule has 1 aliphatic heterocycles. The molecule has 4 nitrogen and oxygen atoms in total. The number of hydrogen-bond donors (Lipinski definition) is 2. The molecule has 2 N–H and O–H groups in total. The maximum Gasteiger partial charge on any atom is 0.178 e. The van der Waals surface area contributed by atoms with Gasteiger partial charge in [0, 0.05) is 0 Å². The Morgan fingerprint density at radius 1 is 1.00 bits per heavy atom. The maximum atomic E-state index is 8.57. The van der Waals surface area contributed by atoms with Crippen molar-refractivity contribution in [3.8, 4) is 0 Å². The molecule has 0 radical (unpaired) electrons. The van der Waals surface area contributed by atoms with E-state index in [1.54, 1.807) is 0 Å². The fourth-order valence-corrected chi connectivity index (χ4v) is 0.483. The molecule has 0 aromatic carbocycles. The van der Waals surface area contributed by atoms with Crippen LogP contribution in [0.1, 0.15) is 0 Å². The van der Waals surface area contributed by atoms with E-state index in [1.807, 2.05) is 0 Å². The number of aliphatic hydroxyl groups excluding tert-OH is 2. The summed E-state index contributed by atoms with van der Waals surface area (Å²) >= 11 is 0. The van der Waals surface area contributed by atoms with Crippen molar-refractivity contribution < 1.29 is 19.7 Å². The highest BCUT2D eigenvalue weighted by Gasteiger charge is 2.16. The summed E-state index contributed by atoms with van der Waals surface area (Å²) in [5.74, 6) is 0. The summed E-state index contributed by atoms with van der Waals surface area (Å²) in [7, 11) is 0. The average Bonchev–Trinajstić information content (AvgIpc) is 1.77. The summed E-state index contributed by atoms with van der Waals surface area (Å²) in [5, 5.41) is 17.1. The predicted octanol–water partition coefficient (Wildman–Crippen LogP) is -1.33. The van der Waals surface area contributed by atoms with E-state index >= 15 is 0 Å². The topological polar surface area (TPSA) is 58.9 Å². The summed E-state index contributed by atoms with van der Waals surface area (Å²) in [6.45, 7) is 0.113. The third-order valence-electron chi connectivity index (χ3n) is 0.862. The Labute approximate surface area is 46.6 Å². The van der Waals surface area contributed by atoms with Gasteiger partial charge in [-0.1, -0.05) is 0 Å². The quantitative estimate of drug-likeness (QED) is 0.416. The highest BCUT2D eigenvalue weighted by atomic mass is 16.7. The molecule has 0 bridgehead atoms. The van der Waals surface area contributed by atoms with Crippen LogP contribution in [-0.4, -0.2) is 36.0 Å². The average molecular weight is 120 g/mol. The second kappa shape index (κ2) is 2.41. The molecule has 0 aromatic heterocycles. The van der Waals surface area contributed by atoms with Gasteiger partial charge in [0.15, 0.2) is 12.6 Å². The Morgan fingerprint density at radius 3 is 1.62 bits per heavy atom. The van der Waals surface area contributed by atoms with Crippen molar-refractivity contribution in [1.82, 2.24) is 0 Å². The Hall–Kier alpha value is -0.160. The van der Waals surface area contributed by atoms with Crippen molar-refractivity contribution in [3.63, 3.8) is 0 Å². The van der Waals surface area contributed by atoms with Crippen LogP contribution in [0.4, 0.5) is 0 Å². The van der Waals surface area contributed by atoms with Crippen LogP contribution in [0, 0.1) is 0 Å². The first-order valence-electron chi connectivity index (χ1n) is 2.38. The summed E-state index contributed by atoms with van der Waals surface area (Å²) < 4.78 is 9.14. The van der Waals surface area contributed by atoms with Gasteiger partial charge in [0.1, 0.15) is 13.2 Å². The molecule has 1 saturated heterocycles. The second-order valence-electron chi connectivity index (χ2n) is 1.58. The summed E-state index contributed by atoms with van der Waals surface area (Å²) in [4.78, 5) is 0. The lowest BCUT2D eigenvalue weighted by Crippen LogP contribution is -2.34. The van der Waals surface area contributed by atoms with Gasteiger partial charge >= 0.3 is 0 Å². The molecule has 48 valence electrons. The van der Waals surface area contributed by atoms with Crippen molar-refractivity contribution in [2.45, 2.75) is 12.6 Å². The van der Waals surface area contributed by atoms with Gasteiger partial charge in [0.25, 0.3) is 0 Å². The van der Waals surface area contributed by atoms with Crippen molar-refractivity contribution in [3.05, 3.63) is 0 Å². The van der Waals surface area contributed by atoms with Gasteiger partial charge in [0.05, 0.1) is 0 Å². The molecule has 0 aliphatic carbocycles. The summed E-state index contributed by atoms with van der Waals surface area (Å²) in [6, 6.07) is 0. The third kappa shape index (κ3) is 1.41. The third-order valence-corrected chi connectivity index (χ3v) is 0.862. The highest BCUT2D eigenvalue weighted by molar-refractivity contribution is 4.48. The van der Waals surface area contributed by atoms with Crippen LogP contribution in [-0.2, 0) is 9.47 Å². The van der Waals surface area contributed by atoms with Gasteiger partial charge in [-0.15, -0.1) is 0 Å². The van der Waals surface area contributed by atoms with E-state index in [1.165, 1.54) is 0 Å². The van der Waals surface area contributed by atoms with Gasteiger partial charge in [-0.05, 0) is 0 Å². The summed E-state index contributed by atoms with van der Waals surface area (Å²) in [5.41, 5.74) is 0. The smallest absolute Gasteiger partial charge is 0.178 e. The minimum atomic E-state index is -0.863. The Bertz CT molecular complexity index is 56.4. The number of hydrogen-bond acceptors (Lipinski definition) is 4. The van der Waals surface area contributed by atoms with E-state index in [9.17, 15) is 0 Å². The molecular formula is C4H8O4. The van der Waals surface area contributed by atoms with Gasteiger partial charge in [-0.2, -0.15) is 0 Å². The van der Waals surface area contributed by atoms with Crippen LogP contribution in [0.3, 0.4) is 0 Å². The van der Waals surface area contributed by atoms with Crippen molar-refractivity contribution in [2.75, 3.05) is 13.2 Å². The monoisotopic (exact) mass is 120 g/mol. The van der Waals surface area contributed by atoms with Crippen LogP contribution >= 0.6 is 0 Å². The van der Waals surface area contributed by atoms with Crippen molar-refractivity contribution in [2.24, 2.45) is 0 Å². The molecule has 1 fully saturated rings. The minimum Gasteiger partial charge on any atom is -0.366 e. The van der Waals surface area contributed by atoms with E-state index < -0.39 is 12.6 Å². The van der Waals surface area contributed by atoms with Crippen LogP contribution in [0.2, 0.25) is 0 Å². The lowest BCUT2D eigenvalue weighted by atomic mass is 10.5. The van der Waals surface area contributed by atoms with E-state index in [0.717, 1.165) is 0 Å². The van der Waals surface area contributed by atoms with E-state index in [2.05, 4.69) is 9.47 Å². The Kier molecular flexibility index (Phi) is 1.80. The predicted molar refractivity (Wildman–Crippen MR) is 23.9 cm³/mol. The zero-order valence-corrected chi connectivity index (χ0v) is 4.28. The number of aliphatic hydroxyl groups is 2. The van der Waals surface area contributed by atoms with Crippen molar-refractivity contribution in [1.29, 1.82) is 0 Å². The van der Waals surface area contributed by atoms with Gasteiger partial charge in [0.2, 0.25) is 0 Å². The molecule has 1 aliphatic rings. The molecule has 4 heteroatoms. The van der Waals surface area contributed by atoms with Gasteiger partial charge in [-0.3, -0.25) is 0 Å². The van der Waals surface area contributed by atoms with Crippen LogP contribution < -0.4 is 0 Å². The molecule has 0 spiro atoms. The van der Waals surface area contributed by atoms with Crippen LogP contribution in [0.5, 0.6) is 0 Å². The Balaban J connectivity index is 2.19. The van der Waals surface area contributed by atoms with Crippen LogP contribution in [0.15, 0.2) is 0 Å². The lowest BCUT2D eigenvalue weighted by molar-refractivity contribution is -0.263. The Morgan fingerprint density at radius 2 is 1.38 bits per heavy atom. The van der Waals surface area contributed by atoms with Gasteiger partial charge in [-0.25, -0.2) is 0 Å². The largest absolute Gasteiger partial charge is 0.366 e. The zero-order valence-electron chi connectivity index (χ0n) is 4.28. The SMILES string of the molecule is O[C@@H]1CO[C@H](O)CO1. The minimum absolute atomic E-state index is 0.0567. The van der Waals surface area contributed by atoms with Crippen LogP contribution in [0.25, 0.3) is 0 Å². The molecule has 0 amide bonds. The second-order valence-corrected chi connectivity index (χ2v) is 1.58. The molecule has 8 heavy (non-hydrogen) atoms. The molecule has 1 heterocycles. The highest BCUT2D eigenvalue weighted by Crippen LogP contribution is 2.00. The number of rotatable bonds is 0. The van der Waals surface area contributed by atoms with E-state index in [0.29, 0.717) is 0 Å². The maximum absolute atomic E-state index is 8.57. The standard InChI is InChI=1S/C4H8O4/c5-3-1-7-4(6)2-8-3/h3-6H,1-2H2/t3-,4-/m0/s1. The van der Waals surface area contributed by atoms with Crippen molar-refractivity contribution >= 4 is 0 Å². The first kappa shape index (κ1) is 5.97. The van der Waals surface area contributed by atoms with Gasteiger partial charge < -0.3 is 19.7 Å². The number of ether oxygens (including phenoxy) is 2. The molecule has 1 rings (SSSR count). The molecule has 0 aromatic rings. The normalized spacial score (nSPS) is 39.8. The molecule has 0 saturated carbocycles. The fraction of sp³-hybridized carbons (Fsp3) is 1.00. The molecule has 0 unspecified atom stereocenters. The summed E-state index contributed by atoms with van der Waals surface area (Å²) in [6.07, 6.45) is -1.73. The van der Waals surface area contributed by atoms with E-state index in [4.69, 9.17) is 10.2 Å².